The van der Waals surface area contributed by atoms with Gasteiger partial charge in [-0.05, 0) is 24.6 Å². The first-order valence-electron chi connectivity index (χ1n) is 6.23. The van der Waals surface area contributed by atoms with Gasteiger partial charge in [0.25, 0.3) is 0 Å². The van der Waals surface area contributed by atoms with E-state index in [0.717, 1.165) is 5.56 Å². The Morgan fingerprint density at radius 1 is 1.42 bits per heavy atom. The fourth-order valence-corrected chi connectivity index (χ4v) is 1.74. The average Bonchev–Trinajstić information content (AvgIpc) is 2.42. The molecule has 2 unspecified atom stereocenters. The Morgan fingerprint density at radius 2 is 2.16 bits per heavy atom. The van der Waals surface area contributed by atoms with Gasteiger partial charge in [0.15, 0.2) is 0 Å². The van der Waals surface area contributed by atoms with Crippen molar-refractivity contribution in [3.8, 4) is 0 Å². The van der Waals surface area contributed by atoms with Gasteiger partial charge in [-0.2, -0.15) is 0 Å². The van der Waals surface area contributed by atoms with Crippen LogP contribution in [0.15, 0.2) is 24.3 Å². The molecule has 0 heterocycles. The number of carbonyl (C=O) groups is 1. The van der Waals surface area contributed by atoms with Gasteiger partial charge < -0.3 is 20.5 Å². The van der Waals surface area contributed by atoms with E-state index in [2.05, 4.69) is 5.32 Å². The van der Waals surface area contributed by atoms with E-state index in [1.807, 2.05) is 25.1 Å². The SMILES string of the molecule is COCC(CNC(=O)C(C)c1cccc(N)c1)OC. The zero-order valence-electron chi connectivity index (χ0n) is 11.7. The number of ether oxygens (including phenoxy) is 2. The van der Waals surface area contributed by atoms with Gasteiger partial charge in [-0.3, -0.25) is 4.79 Å². The van der Waals surface area contributed by atoms with E-state index in [1.165, 1.54) is 0 Å². The second-order valence-corrected chi connectivity index (χ2v) is 4.45. The molecule has 19 heavy (non-hydrogen) atoms. The van der Waals surface area contributed by atoms with Crippen molar-refractivity contribution in [1.82, 2.24) is 5.32 Å². The molecule has 106 valence electrons. The quantitative estimate of drug-likeness (QED) is 0.726. The molecule has 0 bridgehead atoms. The summed E-state index contributed by atoms with van der Waals surface area (Å²) in [6.45, 7) is 2.72. The minimum Gasteiger partial charge on any atom is -0.399 e. The molecular weight excluding hydrogens is 244 g/mol. The van der Waals surface area contributed by atoms with Crippen LogP contribution in [0, 0.1) is 0 Å². The average molecular weight is 266 g/mol. The Kier molecular flexibility index (Phi) is 6.32. The van der Waals surface area contributed by atoms with E-state index in [9.17, 15) is 4.79 Å². The topological polar surface area (TPSA) is 73.6 Å². The molecule has 0 radical (unpaired) electrons. The number of anilines is 1. The lowest BCUT2D eigenvalue weighted by molar-refractivity contribution is -0.123. The van der Waals surface area contributed by atoms with Crippen LogP contribution >= 0.6 is 0 Å². The van der Waals surface area contributed by atoms with Crippen molar-refractivity contribution in [1.29, 1.82) is 0 Å². The number of nitrogens with two attached hydrogens (primary N) is 1. The maximum absolute atomic E-state index is 12.0. The van der Waals surface area contributed by atoms with Gasteiger partial charge in [0.05, 0.1) is 18.6 Å². The summed E-state index contributed by atoms with van der Waals surface area (Å²) in [5.74, 6) is -0.299. The van der Waals surface area contributed by atoms with E-state index in [4.69, 9.17) is 15.2 Å². The number of hydrogen-bond donors (Lipinski definition) is 2. The normalized spacial score (nSPS) is 13.8. The zero-order chi connectivity index (χ0) is 14.3. The number of hydrogen-bond acceptors (Lipinski definition) is 4. The molecule has 1 amide bonds. The Morgan fingerprint density at radius 3 is 2.74 bits per heavy atom. The van der Waals surface area contributed by atoms with Gasteiger partial charge in [-0.1, -0.05) is 12.1 Å². The standard InChI is InChI=1S/C14H22N2O3/c1-10(11-5-4-6-12(15)7-11)14(17)16-8-13(19-3)9-18-2/h4-7,10,13H,8-9,15H2,1-3H3,(H,16,17). The van der Waals surface area contributed by atoms with Crippen LogP contribution in [0.25, 0.3) is 0 Å². The molecule has 1 aromatic rings. The zero-order valence-corrected chi connectivity index (χ0v) is 11.7. The lowest BCUT2D eigenvalue weighted by atomic mass is 10.00. The summed E-state index contributed by atoms with van der Waals surface area (Å²) in [4.78, 5) is 12.0. The molecule has 5 heteroatoms. The maximum atomic E-state index is 12.0. The fourth-order valence-electron chi connectivity index (χ4n) is 1.74. The molecule has 0 aromatic heterocycles. The van der Waals surface area contributed by atoms with Gasteiger partial charge in [0, 0.05) is 26.5 Å². The van der Waals surface area contributed by atoms with Crippen LogP contribution in [0.3, 0.4) is 0 Å². The Balaban J connectivity index is 2.53. The molecule has 5 nitrogen and oxygen atoms in total. The summed E-state index contributed by atoms with van der Waals surface area (Å²) < 4.78 is 10.2. The van der Waals surface area contributed by atoms with Crippen LogP contribution < -0.4 is 11.1 Å². The first-order valence-corrected chi connectivity index (χ1v) is 6.23. The van der Waals surface area contributed by atoms with E-state index in [1.54, 1.807) is 20.3 Å². The third kappa shape index (κ3) is 4.89. The first-order chi connectivity index (χ1) is 9.08. The summed E-state index contributed by atoms with van der Waals surface area (Å²) in [5, 5.41) is 2.85. The summed E-state index contributed by atoms with van der Waals surface area (Å²) in [5.41, 5.74) is 7.27. The minimum absolute atomic E-state index is 0.0521. The Hall–Kier alpha value is -1.59. The molecule has 0 fully saturated rings. The third-order valence-electron chi connectivity index (χ3n) is 2.99. The third-order valence-corrected chi connectivity index (χ3v) is 2.99. The molecule has 1 aromatic carbocycles. The van der Waals surface area contributed by atoms with Gasteiger partial charge in [-0.25, -0.2) is 0 Å². The summed E-state index contributed by atoms with van der Waals surface area (Å²) in [6.07, 6.45) is -0.137. The van der Waals surface area contributed by atoms with Crippen LogP contribution in [0.4, 0.5) is 5.69 Å². The number of carbonyl (C=O) groups excluding carboxylic acids is 1. The number of amides is 1. The number of benzene rings is 1. The Bertz CT molecular complexity index is 409. The molecule has 0 saturated carbocycles. The second-order valence-electron chi connectivity index (χ2n) is 4.45. The molecule has 1 rings (SSSR count). The van der Waals surface area contributed by atoms with Gasteiger partial charge in [-0.15, -0.1) is 0 Å². The highest BCUT2D eigenvalue weighted by molar-refractivity contribution is 5.83. The van der Waals surface area contributed by atoms with Crippen LogP contribution in [0.2, 0.25) is 0 Å². The number of methoxy groups -OCH3 is 2. The van der Waals surface area contributed by atoms with E-state index in [-0.39, 0.29) is 17.9 Å². The lowest BCUT2D eigenvalue weighted by Gasteiger charge is -2.17. The lowest BCUT2D eigenvalue weighted by Crippen LogP contribution is -2.37. The second kappa shape index (κ2) is 7.76. The van der Waals surface area contributed by atoms with Crippen molar-refractivity contribution in [3.63, 3.8) is 0 Å². The predicted molar refractivity (Wildman–Crippen MR) is 75.0 cm³/mol. The van der Waals surface area contributed by atoms with Crippen LogP contribution in [-0.4, -0.2) is 39.4 Å². The number of rotatable bonds is 7. The van der Waals surface area contributed by atoms with E-state index < -0.39 is 0 Å². The Labute approximate surface area is 114 Å². The highest BCUT2D eigenvalue weighted by Gasteiger charge is 2.16. The fraction of sp³-hybridized carbons (Fsp3) is 0.500. The van der Waals surface area contributed by atoms with E-state index >= 15 is 0 Å². The largest absolute Gasteiger partial charge is 0.399 e. The summed E-state index contributed by atoms with van der Waals surface area (Å²) in [7, 11) is 3.19. The molecule has 0 saturated heterocycles. The predicted octanol–water partition coefficient (Wildman–Crippen LogP) is 1.15. The van der Waals surface area contributed by atoms with Crippen molar-refractivity contribution in [2.45, 2.75) is 18.9 Å². The molecule has 0 aliphatic heterocycles. The van der Waals surface area contributed by atoms with E-state index in [0.29, 0.717) is 18.8 Å². The molecule has 0 aliphatic carbocycles. The van der Waals surface area contributed by atoms with Crippen molar-refractivity contribution in [3.05, 3.63) is 29.8 Å². The van der Waals surface area contributed by atoms with Crippen LogP contribution in [0.5, 0.6) is 0 Å². The smallest absolute Gasteiger partial charge is 0.227 e. The molecule has 3 N–H and O–H groups in total. The molecule has 2 atom stereocenters. The van der Waals surface area contributed by atoms with Crippen LogP contribution in [-0.2, 0) is 14.3 Å². The highest BCUT2D eigenvalue weighted by Crippen LogP contribution is 2.17. The summed E-state index contributed by atoms with van der Waals surface area (Å²) in [6, 6.07) is 7.35. The van der Waals surface area contributed by atoms with Gasteiger partial charge in [0.1, 0.15) is 0 Å². The van der Waals surface area contributed by atoms with Gasteiger partial charge in [0.2, 0.25) is 5.91 Å². The van der Waals surface area contributed by atoms with Crippen molar-refractivity contribution < 1.29 is 14.3 Å². The highest BCUT2D eigenvalue weighted by atomic mass is 16.5. The molecule has 0 aliphatic rings. The van der Waals surface area contributed by atoms with Gasteiger partial charge >= 0.3 is 0 Å². The minimum atomic E-state index is -0.247. The molecular formula is C14H22N2O3. The molecule has 0 spiro atoms. The van der Waals surface area contributed by atoms with Crippen LogP contribution in [0.1, 0.15) is 18.4 Å². The monoisotopic (exact) mass is 266 g/mol. The maximum Gasteiger partial charge on any atom is 0.227 e. The summed E-state index contributed by atoms with van der Waals surface area (Å²) >= 11 is 0. The van der Waals surface area contributed by atoms with Crippen molar-refractivity contribution in [2.24, 2.45) is 0 Å². The first kappa shape index (κ1) is 15.5. The van der Waals surface area contributed by atoms with Crippen molar-refractivity contribution >= 4 is 11.6 Å². The van der Waals surface area contributed by atoms with Crippen molar-refractivity contribution in [2.75, 3.05) is 33.1 Å². The number of nitrogens with one attached hydrogen (secondary N) is 1. The number of nitrogen functional groups attached to an aromatic ring is 1.